The fourth-order valence-electron chi connectivity index (χ4n) is 6.06. The number of esters is 1. The number of ether oxygens (including phenoxy) is 2. The third-order valence-electron chi connectivity index (χ3n) is 8.28. The number of carbonyl (C=O) groups is 4. The molecule has 3 aromatic carbocycles. The molecule has 6 rings (SSSR count). The van der Waals surface area contributed by atoms with Crippen molar-refractivity contribution >= 4 is 56.1 Å². The van der Waals surface area contributed by atoms with Crippen LogP contribution in [0.4, 0.5) is 5.69 Å². The summed E-state index contributed by atoms with van der Waals surface area (Å²) in [5, 5.41) is 0.585. The number of fused-ring (bicyclic) bond motifs is 2. The van der Waals surface area contributed by atoms with Gasteiger partial charge >= 0.3 is 5.97 Å². The number of nitrogens with zero attached hydrogens (tertiary/aromatic N) is 2. The summed E-state index contributed by atoms with van der Waals surface area (Å²) in [6.45, 7) is 1.46. The molecule has 1 saturated carbocycles. The number of pyridine rings is 1. The Kier molecular flexibility index (Phi) is 7.83. The second-order valence-electron chi connectivity index (χ2n) is 11.0. The zero-order chi connectivity index (χ0) is 30.2. The fourth-order valence-corrected chi connectivity index (χ4v) is 6.63. The van der Waals surface area contributed by atoms with Crippen molar-refractivity contribution in [2.75, 3.05) is 18.6 Å². The summed E-state index contributed by atoms with van der Waals surface area (Å²) in [6.07, 6.45) is 3.45. The first kappa shape index (κ1) is 28.7. The van der Waals surface area contributed by atoms with Crippen LogP contribution in [0.3, 0.4) is 0 Å². The molecule has 0 bridgehead atoms. The highest BCUT2D eigenvalue weighted by atomic mass is 79.9. The van der Waals surface area contributed by atoms with Crippen LogP contribution in [0.25, 0.3) is 22.2 Å². The molecule has 218 valence electrons. The highest BCUT2D eigenvalue weighted by molar-refractivity contribution is 9.10. The lowest BCUT2D eigenvalue weighted by molar-refractivity contribution is -0.122. The number of imide groups is 1. The van der Waals surface area contributed by atoms with Crippen LogP contribution in [0.1, 0.15) is 52.0 Å². The fraction of sp³-hybridized carbons (Fsp3) is 0.265. The summed E-state index contributed by atoms with van der Waals surface area (Å²) in [7, 11) is 1.51. The van der Waals surface area contributed by atoms with Gasteiger partial charge in [-0.05, 0) is 67.8 Å². The highest BCUT2D eigenvalue weighted by Crippen LogP contribution is 2.40. The summed E-state index contributed by atoms with van der Waals surface area (Å²) < 4.78 is 11.5. The number of hydrogen-bond donors (Lipinski definition) is 0. The van der Waals surface area contributed by atoms with Gasteiger partial charge in [0.2, 0.25) is 11.8 Å². The Morgan fingerprint density at radius 2 is 1.65 bits per heavy atom. The molecular formula is C34H29BrN2O6. The van der Waals surface area contributed by atoms with Gasteiger partial charge in [-0.15, -0.1) is 0 Å². The molecule has 4 aromatic rings. The summed E-state index contributed by atoms with van der Waals surface area (Å²) in [4.78, 5) is 58.5. The standard InChI is InChI=1S/C34H29BrN2O6/c1-19-14-22(35)16-27-28(34(41)43-18-30(38)21-6-5-7-24(15-21)42-2)17-29(36-31(19)27)20-10-12-23(13-11-20)37-32(39)25-8-3-4-9-26(25)33(37)40/h5-7,10-17,25-26H,3-4,8-9,18H2,1-2H3. The second-order valence-corrected chi connectivity index (χ2v) is 11.9. The van der Waals surface area contributed by atoms with Crippen molar-refractivity contribution in [3.63, 3.8) is 0 Å². The van der Waals surface area contributed by atoms with E-state index in [1.54, 1.807) is 60.7 Å². The lowest BCUT2D eigenvalue weighted by Gasteiger charge is -2.19. The maximum absolute atomic E-state index is 13.4. The molecule has 1 aromatic heterocycles. The van der Waals surface area contributed by atoms with Crippen LogP contribution in [0, 0.1) is 18.8 Å². The molecule has 8 nitrogen and oxygen atoms in total. The maximum Gasteiger partial charge on any atom is 0.339 e. The van der Waals surface area contributed by atoms with Crippen LogP contribution < -0.4 is 9.64 Å². The van der Waals surface area contributed by atoms with E-state index in [1.807, 2.05) is 13.0 Å². The number of halogens is 1. The third kappa shape index (κ3) is 5.45. The van der Waals surface area contributed by atoms with Crippen molar-refractivity contribution in [2.45, 2.75) is 32.6 Å². The zero-order valence-corrected chi connectivity index (χ0v) is 25.3. The molecule has 1 aliphatic carbocycles. The molecule has 2 atom stereocenters. The summed E-state index contributed by atoms with van der Waals surface area (Å²) >= 11 is 3.50. The number of amides is 2. The first-order chi connectivity index (χ1) is 20.7. The molecule has 0 radical (unpaired) electrons. The van der Waals surface area contributed by atoms with Gasteiger partial charge in [-0.2, -0.15) is 0 Å². The monoisotopic (exact) mass is 640 g/mol. The number of hydrogen-bond acceptors (Lipinski definition) is 7. The molecule has 0 N–H and O–H groups in total. The molecule has 0 spiro atoms. The predicted molar refractivity (Wildman–Crippen MR) is 165 cm³/mol. The normalized spacial score (nSPS) is 18.1. The van der Waals surface area contributed by atoms with E-state index in [9.17, 15) is 19.2 Å². The van der Waals surface area contributed by atoms with Crippen molar-refractivity contribution in [1.29, 1.82) is 0 Å². The van der Waals surface area contributed by atoms with Crippen LogP contribution >= 0.6 is 15.9 Å². The van der Waals surface area contributed by atoms with Gasteiger partial charge in [0.15, 0.2) is 12.4 Å². The Bertz CT molecular complexity index is 1760. The minimum atomic E-state index is -0.658. The minimum Gasteiger partial charge on any atom is -0.497 e. The van der Waals surface area contributed by atoms with Gasteiger partial charge in [0, 0.05) is 21.0 Å². The number of rotatable bonds is 7. The minimum absolute atomic E-state index is 0.124. The van der Waals surface area contributed by atoms with E-state index < -0.39 is 12.6 Å². The van der Waals surface area contributed by atoms with Crippen molar-refractivity contribution in [1.82, 2.24) is 4.98 Å². The number of anilines is 1. The van der Waals surface area contributed by atoms with E-state index in [1.165, 1.54) is 12.0 Å². The van der Waals surface area contributed by atoms with Crippen LogP contribution in [0.5, 0.6) is 5.75 Å². The second kappa shape index (κ2) is 11.7. The Labute approximate surface area is 257 Å². The molecule has 2 aliphatic rings. The largest absolute Gasteiger partial charge is 0.497 e. The summed E-state index contributed by atoms with van der Waals surface area (Å²) in [6, 6.07) is 19.1. The predicted octanol–water partition coefficient (Wildman–Crippen LogP) is 6.70. The lowest BCUT2D eigenvalue weighted by Crippen LogP contribution is -2.30. The number of carbonyl (C=O) groups excluding carboxylic acids is 4. The van der Waals surface area contributed by atoms with Gasteiger partial charge in [-0.1, -0.05) is 53.0 Å². The van der Waals surface area contributed by atoms with E-state index >= 15 is 0 Å². The topological polar surface area (TPSA) is 103 Å². The molecule has 43 heavy (non-hydrogen) atoms. The van der Waals surface area contributed by atoms with Gasteiger partial charge in [0.25, 0.3) is 0 Å². The zero-order valence-electron chi connectivity index (χ0n) is 23.8. The van der Waals surface area contributed by atoms with Crippen LogP contribution in [-0.4, -0.2) is 42.3 Å². The average molecular weight is 642 g/mol. The summed E-state index contributed by atoms with van der Waals surface area (Å²) in [5.41, 5.74) is 3.85. The Balaban J connectivity index is 1.30. The number of ketones is 1. The first-order valence-electron chi connectivity index (χ1n) is 14.2. The van der Waals surface area contributed by atoms with Crippen molar-refractivity contribution in [3.8, 4) is 17.0 Å². The molecule has 1 saturated heterocycles. The van der Waals surface area contributed by atoms with Gasteiger partial charge in [0.1, 0.15) is 5.75 Å². The Morgan fingerprint density at radius 1 is 0.953 bits per heavy atom. The number of aromatic nitrogens is 1. The van der Waals surface area contributed by atoms with Gasteiger partial charge < -0.3 is 9.47 Å². The van der Waals surface area contributed by atoms with Gasteiger partial charge in [0.05, 0.1) is 41.4 Å². The maximum atomic E-state index is 13.4. The number of benzene rings is 3. The number of methoxy groups -OCH3 is 1. The third-order valence-corrected chi connectivity index (χ3v) is 8.73. The van der Waals surface area contributed by atoms with Crippen LogP contribution in [0.15, 0.2) is 71.2 Å². The molecule has 2 heterocycles. The average Bonchev–Trinajstić information content (AvgIpc) is 3.28. The number of Topliss-reactive ketones (excluding diaryl/α,β-unsaturated/α-hetero) is 1. The van der Waals surface area contributed by atoms with E-state index in [2.05, 4.69) is 15.9 Å². The number of aryl methyl sites for hydroxylation is 1. The lowest BCUT2D eigenvalue weighted by atomic mass is 9.81. The Hall–Kier alpha value is -4.37. The highest BCUT2D eigenvalue weighted by Gasteiger charge is 2.48. The quantitative estimate of drug-likeness (QED) is 0.126. The summed E-state index contributed by atoms with van der Waals surface area (Å²) in [5.74, 6) is -1.18. The van der Waals surface area contributed by atoms with Crippen molar-refractivity contribution in [3.05, 3.63) is 87.9 Å². The molecule has 2 unspecified atom stereocenters. The van der Waals surface area contributed by atoms with E-state index in [4.69, 9.17) is 14.5 Å². The smallest absolute Gasteiger partial charge is 0.339 e. The molecular weight excluding hydrogens is 612 g/mol. The van der Waals surface area contributed by atoms with Gasteiger partial charge in [-0.3, -0.25) is 19.3 Å². The van der Waals surface area contributed by atoms with Crippen molar-refractivity contribution in [2.24, 2.45) is 11.8 Å². The van der Waals surface area contributed by atoms with Crippen molar-refractivity contribution < 1.29 is 28.7 Å². The first-order valence-corrected chi connectivity index (χ1v) is 15.0. The SMILES string of the molecule is COc1cccc(C(=O)COC(=O)c2cc(-c3ccc(N4C(=O)C5CCCCC5C4=O)cc3)nc3c(C)cc(Br)cc23)c1. The molecule has 9 heteroatoms. The van der Waals surface area contributed by atoms with Crippen LogP contribution in [-0.2, 0) is 14.3 Å². The van der Waals surface area contributed by atoms with Gasteiger partial charge in [-0.25, -0.2) is 9.78 Å². The van der Waals surface area contributed by atoms with E-state index in [0.717, 1.165) is 35.7 Å². The van der Waals surface area contributed by atoms with E-state index in [0.29, 0.717) is 39.2 Å². The molecule has 2 fully saturated rings. The van der Waals surface area contributed by atoms with E-state index in [-0.39, 0.29) is 35.0 Å². The Morgan fingerprint density at radius 3 is 2.33 bits per heavy atom. The molecule has 2 amide bonds. The van der Waals surface area contributed by atoms with Crippen LogP contribution in [0.2, 0.25) is 0 Å². The molecule has 1 aliphatic heterocycles.